The topological polar surface area (TPSA) is 68.3 Å². The number of hydrogen-bond acceptors (Lipinski definition) is 5. The Labute approximate surface area is 151 Å². The fraction of sp³-hybridized carbons (Fsp3) is 0.421. The van der Waals surface area contributed by atoms with E-state index in [4.69, 9.17) is 4.74 Å². The number of para-hydroxylation sites is 1. The number of nitrogens with zero attached hydrogens (tertiary/aromatic N) is 1. The summed E-state index contributed by atoms with van der Waals surface area (Å²) >= 11 is 1.50. The van der Waals surface area contributed by atoms with Gasteiger partial charge in [0.25, 0.3) is 5.91 Å². The Bertz CT molecular complexity index is 743. The second kappa shape index (κ2) is 8.25. The minimum atomic E-state index is -0.535. The highest BCUT2D eigenvalue weighted by Crippen LogP contribution is 2.23. The van der Waals surface area contributed by atoms with Crippen molar-refractivity contribution in [3.05, 3.63) is 35.3 Å². The van der Waals surface area contributed by atoms with Crippen LogP contribution in [0.2, 0.25) is 0 Å². The predicted molar refractivity (Wildman–Crippen MR) is 99.2 cm³/mol. The van der Waals surface area contributed by atoms with Crippen LogP contribution in [-0.2, 0) is 14.3 Å². The van der Waals surface area contributed by atoms with Gasteiger partial charge in [0.1, 0.15) is 5.01 Å². The molecule has 3 rings (SSSR count). The van der Waals surface area contributed by atoms with Gasteiger partial charge in [-0.2, -0.15) is 0 Å². The molecule has 1 saturated carbocycles. The lowest BCUT2D eigenvalue weighted by atomic mass is 9.87. The molecular weight excluding hydrogens is 336 g/mol. The Hall–Kier alpha value is -2.21. The number of benzene rings is 1. The number of carbonyl (C=O) groups is 2. The van der Waals surface area contributed by atoms with Gasteiger partial charge in [0.2, 0.25) is 0 Å². The van der Waals surface area contributed by atoms with E-state index in [0.717, 1.165) is 46.8 Å². The summed E-state index contributed by atoms with van der Waals surface area (Å²) in [4.78, 5) is 28.0. The molecule has 1 heterocycles. The van der Waals surface area contributed by atoms with Crippen molar-refractivity contribution in [2.45, 2.75) is 38.6 Å². The molecular formula is C19H22N2O3S. The number of amides is 1. The van der Waals surface area contributed by atoms with Crippen LogP contribution in [0, 0.1) is 5.92 Å². The van der Waals surface area contributed by atoms with Gasteiger partial charge in [0, 0.05) is 12.1 Å². The summed E-state index contributed by atoms with van der Waals surface area (Å²) in [6.07, 6.45) is 7.20. The maximum Gasteiger partial charge on any atom is 0.331 e. The summed E-state index contributed by atoms with van der Waals surface area (Å²) in [7, 11) is 0. The van der Waals surface area contributed by atoms with Crippen molar-refractivity contribution < 1.29 is 14.3 Å². The molecule has 132 valence electrons. The van der Waals surface area contributed by atoms with Crippen molar-refractivity contribution in [2.75, 3.05) is 6.61 Å². The Morgan fingerprint density at radius 3 is 2.80 bits per heavy atom. The number of hydrogen-bond donors (Lipinski definition) is 1. The zero-order valence-corrected chi connectivity index (χ0v) is 15.1. The van der Waals surface area contributed by atoms with E-state index >= 15 is 0 Å². The molecule has 1 aromatic heterocycles. The number of rotatable bonds is 5. The van der Waals surface area contributed by atoms with Gasteiger partial charge in [-0.3, -0.25) is 4.79 Å². The normalized spacial score (nSPS) is 20.7. The molecule has 1 fully saturated rings. The van der Waals surface area contributed by atoms with Crippen LogP contribution in [0.1, 0.15) is 37.6 Å². The van der Waals surface area contributed by atoms with Gasteiger partial charge in [-0.05, 0) is 49.8 Å². The minimum absolute atomic E-state index is 0.209. The van der Waals surface area contributed by atoms with E-state index in [1.54, 1.807) is 6.08 Å². The number of thiazole rings is 1. The molecule has 5 nitrogen and oxygen atoms in total. The third kappa shape index (κ3) is 5.13. The van der Waals surface area contributed by atoms with Gasteiger partial charge < -0.3 is 10.1 Å². The lowest BCUT2D eigenvalue weighted by Crippen LogP contribution is -2.39. The highest BCUT2D eigenvalue weighted by molar-refractivity contribution is 7.19. The molecule has 0 bridgehead atoms. The molecule has 1 amide bonds. The standard InChI is InChI=1S/C19H22N2O3S/c1-13-6-8-14(9-7-13)20-17(22)12-24-19(23)11-10-18-21-15-4-2-3-5-16(15)25-18/h2-5,10-11,13-14H,6-9,12H2,1H3,(H,20,22)/b11-10+. The van der Waals surface area contributed by atoms with Crippen LogP contribution in [0.3, 0.4) is 0 Å². The van der Waals surface area contributed by atoms with Gasteiger partial charge in [-0.1, -0.05) is 19.1 Å². The van der Waals surface area contributed by atoms with Crippen LogP contribution in [0.25, 0.3) is 16.3 Å². The third-order valence-corrected chi connectivity index (χ3v) is 5.40. The predicted octanol–water partition coefficient (Wildman–Crippen LogP) is 3.55. The van der Waals surface area contributed by atoms with Crippen LogP contribution in [0.15, 0.2) is 30.3 Å². The molecule has 0 unspecified atom stereocenters. The molecule has 0 spiro atoms. The molecule has 0 atom stereocenters. The number of carbonyl (C=O) groups excluding carboxylic acids is 2. The Kier molecular flexibility index (Phi) is 5.81. The van der Waals surface area contributed by atoms with Crippen LogP contribution in [0.4, 0.5) is 0 Å². The van der Waals surface area contributed by atoms with Crippen molar-refractivity contribution >= 4 is 39.5 Å². The first-order valence-electron chi connectivity index (χ1n) is 8.60. The summed E-state index contributed by atoms with van der Waals surface area (Å²) in [6.45, 7) is 1.99. The molecule has 0 aliphatic heterocycles. The number of nitrogens with one attached hydrogen (secondary N) is 1. The largest absolute Gasteiger partial charge is 0.452 e. The lowest BCUT2D eigenvalue weighted by molar-refractivity contribution is -0.144. The summed E-state index contributed by atoms with van der Waals surface area (Å²) in [5, 5.41) is 3.67. The van der Waals surface area contributed by atoms with Gasteiger partial charge in [0.05, 0.1) is 10.2 Å². The van der Waals surface area contributed by atoms with Crippen molar-refractivity contribution in [2.24, 2.45) is 5.92 Å². The van der Waals surface area contributed by atoms with E-state index in [1.807, 2.05) is 24.3 Å². The van der Waals surface area contributed by atoms with Crippen molar-refractivity contribution in [3.8, 4) is 0 Å². The second-order valence-electron chi connectivity index (χ2n) is 6.49. The summed E-state index contributed by atoms with van der Waals surface area (Å²) in [6, 6.07) is 8.00. The van der Waals surface area contributed by atoms with E-state index in [-0.39, 0.29) is 18.6 Å². The average molecular weight is 358 g/mol. The quantitative estimate of drug-likeness (QED) is 0.656. The van der Waals surface area contributed by atoms with Crippen LogP contribution < -0.4 is 5.32 Å². The molecule has 6 heteroatoms. The lowest BCUT2D eigenvalue weighted by Gasteiger charge is -2.26. The molecule has 1 aromatic carbocycles. The average Bonchev–Trinajstić information content (AvgIpc) is 3.03. The number of fused-ring (bicyclic) bond motifs is 1. The fourth-order valence-electron chi connectivity index (χ4n) is 2.96. The number of esters is 1. The van der Waals surface area contributed by atoms with E-state index < -0.39 is 5.97 Å². The van der Waals surface area contributed by atoms with Crippen LogP contribution in [0.5, 0.6) is 0 Å². The van der Waals surface area contributed by atoms with Crippen molar-refractivity contribution in [3.63, 3.8) is 0 Å². The molecule has 1 aliphatic carbocycles. The molecule has 0 radical (unpaired) electrons. The first-order chi connectivity index (χ1) is 12.1. The zero-order chi connectivity index (χ0) is 17.6. The number of aromatic nitrogens is 1. The van der Waals surface area contributed by atoms with Crippen molar-refractivity contribution in [1.29, 1.82) is 0 Å². The van der Waals surface area contributed by atoms with Crippen LogP contribution in [-0.4, -0.2) is 29.5 Å². The van der Waals surface area contributed by atoms with E-state index in [9.17, 15) is 9.59 Å². The Morgan fingerprint density at radius 1 is 1.28 bits per heavy atom. The fourth-order valence-corrected chi connectivity index (χ4v) is 3.83. The number of ether oxygens (including phenoxy) is 1. The first kappa shape index (κ1) is 17.6. The van der Waals surface area contributed by atoms with E-state index in [0.29, 0.717) is 0 Å². The summed E-state index contributed by atoms with van der Waals surface area (Å²) < 4.78 is 6.07. The molecule has 2 aromatic rings. The molecule has 1 N–H and O–H groups in total. The molecule has 0 saturated heterocycles. The Morgan fingerprint density at radius 2 is 2.04 bits per heavy atom. The zero-order valence-electron chi connectivity index (χ0n) is 14.2. The highest BCUT2D eigenvalue weighted by atomic mass is 32.1. The second-order valence-corrected chi connectivity index (χ2v) is 7.55. The first-order valence-corrected chi connectivity index (χ1v) is 9.41. The van der Waals surface area contributed by atoms with Gasteiger partial charge in [0.15, 0.2) is 6.61 Å². The maximum absolute atomic E-state index is 11.9. The SMILES string of the molecule is CC1CCC(NC(=O)COC(=O)/C=C/c2nc3ccccc3s2)CC1. The summed E-state index contributed by atoms with van der Waals surface area (Å²) in [5.41, 5.74) is 0.904. The van der Waals surface area contributed by atoms with Gasteiger partial charge >= 0.3 is 5.97 Å². The molecule has 25 heavy (non-hydrogen) atoms. The third-order valence-electron chi connectivity index (χ3n) is 4.40. The van der Waals surface area contributed by atoms with Gasteiger partial charge in [-0.25, -0.2) is 9.78 Å². The minimum Gasteiger partial charge on any atom is -0.452 e. The maximum atomic E-state index is 11.9. The summed E-state index contributed by atoms with van der Waals surface area (Å²) in [5.74, 6) is -0.0356. The Balaban J connectivity index is 1.43. The van der Waals surface area contributed by atoms with Crippen LogP contribution >= 0.6 is 11.3 Å². The molecule has 1 aliphatic rings. The van der Waals surface area contributed by atoms with E-state index in [2.05, 4.69) is 17.2 Å². The van der Waals surface area contributed by atoms with Crippen molar-refractivity contribution in [1.82, 2.24) is 10.3 Å². The highest BCUT2D eigenvalue weighted by Gasteiger charge is 2.19. The smallest absolute Gasteiger partial charge is 0.331 e. The van der Waals surface area contributed by atoms with E-state index in [1.165, 1.54) is 17.4 Å². The monoisotopic (exact) mass is 358 g/mol. The van der Waals surface area contributed by atoms with Gasteiger partial charge in [-0.15, -0.1) is 11.3 Å².